The molecule has 1 aromatic carbocycles. The number of rotatable bonds is 2. The maximum absolute atomic E-state index is 9.19. The Bertz CT molecular complexity index is 615. The minimum atomic E-state index is 0.322. The molecule has 1 aromatic heterocycles. The molecule has 94 valence electrons. The van der Waals surface area contributed by atoms with Crippen LogP contribution in [0.15, 0.2) is 48.7 Å². The molecule has 2 aromatic rings. The van der Waals surface area contributed by atoms with Gasteiger partial charge in [-0.1, -0.05) is 37.3 Å². The van der Waals surface area contributed by atoms with Gasteiger partial charge in [0.1, 0.15) is 11.9 Å². The lowest BCUT2D eigenvalue weighted by atomic mass is 9.84. The van der Waals surface area contributed by atoms with E-state index in [4.69, 9.17) is 0 Å². The van der Waals surface area contributed by atoms with E-state index < -0.39 is 0 Å². The van der Waals surface area contributed by atoms with Crippen molar-refractivity contribution in [3.05, 3.63) is 59.8 Å². The van der Waals surface area contributed by atoms with Crippen LogP contribution >= 0.6 is 0 Å². The van der Waals surface area contributed by atoms with Gasteiger partial charge in [0.05, 0.1) is 11.6 Å². The van der Waals surface area contributed by atoms with Gasteiger partial charge < -0.3 is 4.90 Å². The van der Waals surface area contributed by atoms with Crippen molar-refractivity contribution in [2.24, 2.45) is 5.92 Å². The van der Waals surface area contributed by atoms with Crippen LogP contribution in [0.2, 0.25) is 0 Å². The van der Waals surface area contributed by atoms with Gasteiger partial charge in [0, 0.05) is 12.7 Å². The van der Waals surface area contributed by atoms with E-state index in [0.717, 1.165) is 12.4 Å². The van der Waals surface area contributed by atoms with Crippen molar-refractivity contribution in [1.82, 2.24) is 4.98 Å². The van der Waals surface area contributed by atoms with Crippen LogP contribution in [0.1, 0.15) is 24.1 Å². The van der Waals surface area contributed by atoms with Crippen molar-refractivity contribution in [2.45, 2.75) is 13.0 Å². The highest BCUT2D eigenvalue weighted by Gasteiger charge is 2.38. The number of hydrogen-bond acceptors (Lipinski definition) is 3. The number of aromatic nitrogens is 1. The Kier molecular flexibility index (Phi) is 2.92. The van der Waals surface area contributed by atoms with Crippen molar-refractivity contribution in [3.8, 4) is 6.07 Å². The Labute approximate surface area is 113 Å². The van der Waals surface area contributed by atoms with Crippen molar-refractivity contribution in [3.63, 3.8) is 0 Å². The van der Waals surface area contributed by atoms with Crippen LogP contribution in [0, 0.1) is 17.2 Å². The number of hydrogen-bond donors (Lipinski definition) is 0. The van der Waals surface area contributed by atoms with Crippen LogP contribution in [-0.2, 0) is 0 Å². The Hall–Kier alpha value is -2.34. The molecule has 1 saturated heterocycles. The van der Waals surface area contributed by atoms with Crippen molar-refractivity contribution in [2.75, 3.05) is 11.4 Å². The molecule has 0 aliphatic carbocycles. The smallest absolute Gasteiger partial charge is 0.147 e. The molecule has 2 heterocycles. The van der Waals surface area contributed by atoms with Crippen LogP contribution in [0.3, 0.4) is 0 Å². The third kappa shape index (κ3) is 1.96. The molecule has 0 bridgehead atoms. The second-order valence-corrected chi connectivity index (χ2v) is 4.97. The van der Waals surface area contributed by atoms with E-state index >= 15 is 0 Å². The molecule has 0 N–H and O–H groups in total. The van der Waals surface area contributed by atoms with Gasteiger partial charge in [0.25, 0.3) is 0 Å². The topological polar surface area (TPSA) is 39.9 Å². The Balaban J connectivity index is 1.97. The summed E-state index contributed by atoms with van der Waals surface area (Å²) in [5, 5.41) is 9.19. The number of anilines is 1. The van der Waals surface area contributed by atoms with Crippen molar-refractivity contribution >= 4 is 5.82 Å². The lowest BCUT2D eigenvalue weighted by Gasteiger charge is -2.48. The zero-order valence-corrected chi connectivity index (χ0v) is 10.8. The molecule has 2 atom stereocenters. The van der Waals surface area contributed by atoms with E-state index in [1.165, 1.54) is 5.56 Å². The molecule has 3 nitrogen and oxygen atoms in total. The molecular weight excluding hydrogens is 234 g/mol. The molecule has 0 spiro atoms. The molecule has 1 aliphatic heterocycles. The fraction of sp³-hybridized carbons (Fsp3) is 0.250. The van der Waals surface area contributed by atoms with Crippen LogP contribution < -0.4 is 4.90 Å². The minimum Gasteiger partial charge on any atom is -0.348 e. The molecule has 1 fully saturated rings. The zero-order valence-electron chi connectivity index (χ0n) is 10.8. The Morgan fingerprint density at radius 3 is 2.68 bits per heavy atom. The summed E-state index contributed by atoms with van der Waals surface area (Å²) in [4.78, 5) is 6.61. The summed E-state index contributed by atoms with van der Waals surface area (Å²) in [5.74, 6) is 1.38. The fourth-order valence-corrected chi connectivity index (χ4v) is 2.78. The van der Waals surface area contributed by atoms with Gasteiger partial charge in [-0.3, -0.25) is 0 Å². The summed E-state index contributed by atoms with van der Waals surface area (Å²) in [7, 11) is 0. The summed E-state index contributed by atoms with van der Waals surface area (Å²) in [6.45, 7) is 3.19. The summed E-state index contributed by atoms with van der Waals surface area (Å²) >= 11 is 0. The van der Waals surface area contributed by atoms with Crippen LogP contribution in [-0.4, -0.2) is 11.5 Å². The first-order valence-electron chi connectivity index (χ1n) is 6.48. The summed E-state index contributed by atoms with van der Waals surface area (Å²) < 4.78 is 0. The molecule has 19 heavy (non-hydrogen) atoms. The minimum absolute atomic E-state index is 0.322. The van der Waals surface area contributed by atoms with Crippen molar-refractivity contribution in [1.29, 1.82) is 5.26 Å². The largest absolute Gasteiger partial charge is 0.348 e. The predicted octanol–water partition coefficient (Wildman–Crippen LogP) is 3.15. The molecule has 3 heteroatoms. The van der Waals surface area contributed by atoms with Gasteiger partial charge in [0.15, 0.2) is 0 Å². The van der Waals surface area contributed by atoms with Gasteiger partial charge >= 0.3 is 0 Å². The average molecular weight is 249 g/mol. The van der Waals surface area contributed by atoms with E-state index in [9.17, 15) is 5.26 Å². The maximum Gasteiger partial charge on any atom is 0.147 e. The Morgan fingerprint density at radius 2 is 2.00 bits per heavy atom. The van der Waals surface area contributed by atoms with Crippen LogP contribution in [0.25, 0.3) is 0 Å². The molecule has 0 saturated carbocycles. The summed E-state index contributed by atoms with van der Waals surface area (Å²) in [5.41, 5.74) is 1.94. The quantitative estimate of drug-likeness (QED) is 0.820. The zero-order chi connectivity index (χ0) is 13.2. The summed E-state index contributed by atoms with van der Waals surface area (Å²) in [6, 6.07) is 16.6. The van der Waals surface area contributed by atoms with Crippen LogP contribution in [0.4, 0.5) is 5.82 Å². The lowest BCUT2D eigenvalue weighted by molar-refractivity contribution is 0.322. The highest BCUT2D eigenvalue weighted by molar-refractivity contribution is 5.57. The molecule has 0 radical (unpaired) electrons. The third-order valence-electron chi connectivity index (χ3n) is 3.68. The van der Waals surface area contributed by atoms with Gasteiger partial charge in [-0.2, -0.15) is 5.26 Å². The molecule has 0 amide bonds. The van der Waals surface area contributed by atoms with E-state index in [2.05, 4.69) is 47.1 Å². The number of pyridine rings is 1. The predicted molar refractivity (Wildman–Crippen MR) is 74.6 cm³/mol. The van der Waals surface area contributed by atoms with Gasteiger partial charge in [-0.05, 0) is 23.6 Å². The first kappa shape index (κ1) is 11.7. The van der Waals surface area contributed by atoms with Gasteiger partial charge in [-0.25, -0.2) is 4.98 Å². The van der Waals surface area contributed by atoms with E-state index in [-0.39, 0.29) is 0 Å². The second-order valence-electron chi connectivity index (χ2n) is 4.97. The van der Waals surface area contributed by atoms with E-state index in [1.807, 2.05) is 18.2 Å². The number of nitriles is 1. The highest BCUT2D eigenvalue weighted by atomic mass is 15.3. The van der Waals surface area contributed by atoms with Gasteiger partial charge in [-0.15, -0.1) is 0 Å². The average Bonchev–Trinajstić information content (AvgIpc) is 2.45. The van der Waals surface area contributed by atoms with Crippen LogP contribution in [0.5, 0.6) is 0 Å². The molecule has 0 unspecified atom stereocenters. The molecular formula is C16H15N3. The Morgan fingerprint density at radius 1 is 1.21 bits per heavy atom. The van der Waals surface area contributed by atoms with E-state index in [1.54, 1.807) is 6.20 Å². The highest BCUT2D eigenvalue weighted by Crippen LogP contribution is 2.41. The fourth-order valence-electron chi connectivity index (χ4n) is 2.78. The first-order chi connectivity index (χ1) is 9.31. The standard InChI is InChI=1S/C16H15N3/c1-12-11-19(15(12)13-6-3-2-4-7-13)16-14(10-17)8-5-9-18-16/h2-9,12,15H,11H2,1H3/t12-,15+/m0/s1. The first-order valence-corrected chi connectivity index (χ1v) is 6.48. The van der Waals surface area contributed by atoms with E-state index in [0.29, 0.717) is 17.5 Å². The molecule has 1 aliphatic rings. The third-order valence-corrected chi connectivity index (χ3v) is 3.68. The van der Waals surface area contributed by atoms with Gasteiger partial charge in [0.2, 0.25) is 0 Å². The summed E-state index contributed by atoms with van der Waals surface area (Å²) in [6.07, 6.45) is 1.75. The normalized spacial score (nSPS) is 21.6. The maximum atomic E-state index is 9.19. The number of benzene rings is 1. The lowest BCUT2D eigenvalue weighted by Crippen LogP contribution is -2.49. The molecule has 3 rings (SSSR count). The number of nitrogens with zero attached hydrogens (tertiary/aromatic N) is 3. The SMILES string of the molecule is C[C@H]1CN(c2ncccc2C#N)[C@H]1c1ccccc1. The van der Waals surface area contributed by atoms with Crippen molar-refractivity contribution < 1.29 is 0 Å². The monoisotopic (exact) mass is 249 g/mol. The second kappa shape index (κ2) is 4.74.